The Bertz CT molecular complexity index is 647. The summed E-state index contributed by atoms with van der Waals surface area (Å²) in [5, 5.41) is 9.01. The topological polar surface area (TPSA) is 64.3 Å². The minimum Gasteiger partial charge on any atom is -0.478 e. The molecule has 3 rings (SSSR count). The van der Waals surface area contributed by atoms with E-state index in [9.17, 15) is 4.79 Å². The van der Waals surface area contributed by atoms with Gasteiger partial charge in [0.25, 0.3) is 0 Å². The van der Waals surface area contributed by atoms with Crippen LogP contribution in [-0.4, -0.2) is 33.3 Å². The fourth-order valence-electron chi connectivity index (χ4n) is 2.71. The Hall–Kier alpha value is -1.88. The van der Waals surface area contributed by atoms with Crippen LogP contribution in [-0.2, 0) is 11.8 Å². The zero-order valence-corrected chi connectivity index (χ0v) is 11.0. The van der Waals surface area contributed by atoms with E-state index in [0.29, 0.717) is 12.5 Å². The van der Waals surface area contributed by atoms with Crippen molar-refractivity contribution < 1.29 is 14.6 Å². The fourth-order valence-corrected chi connectivity index (χ4v) is 2.71. The number of imidazole rings is 1. The first-order valence-corrected chi connectivity index (χ1v) is 6.37. The van der Waals surface area contributed by atoms with Gasteiger partial charge in [0.05, 0.1) is 29.3 Å². The molecule has 1 N–H and O–H groups in total. The molecule has 0 amide bonds. The molecule has 0 bridgehead atoms. The van der Waals surface area contributed by atoms with Crippen molar-refractivity contribution in [3.63, 3.8) is 0 Å². The molecule has 0 saturated carbocycles. The van der Waals surface area contributed by atoms with Crippen LogP contribution in [0.4, 0.5) is 0 Å². The van der Waals surface area contributed by atoms with Gasteiger partial charge in [0, 0.05) is 13.0 Å². The number of fused-ring (bicyclic) bond motifs is 1. The van der Waals surface area contributed by atoms with E-state index in [4.69, 9.17) is 9.84 Å². The molecule has 0 radical (unpaired) electrons. The predicted octanol–water partition coefficient (Wildman–Crippen LogP) is 2.16. The van der Waals surface area contributed by atoms with Gasteiger partial charge in [-0.05, 0) is 31.5 Å². The number of carbonyl (C=O) groups is 1. The van der Waals surface area contributed by atoms with E-state index in [1.165, 1.54) is 0 Å². The van der Waals surface area contributed by atoms with Crippen molar-refractivity contribution in [3.05, 3.63) is 29.6 Å². The number of nitrogens with zero attached hydrogens (tertiary/aromatic N) is 2. The van der Waals surface area contributed by atoms with Crippen molar-refractivity contribution in [1.29, 1.82) is 0 Å². The molecule has 2 aromatic rings. The second kappa shape index (κ2) is 4.35. The summed E-state index contributed by atoms with van der Waals surface area (Å²) in [5.41, 5.74) is 1.96. The minimum atomic E-state index is -0.924. The lowest BCUT2D eigenvalue weighted by Crippen LogP contribution is -2.06. The van der Waals surface area contributed by atoms with Gasteiger partial charge in [0.2, 0.25) is 0 Å². The van der Waals surface area contributed by atoms with Gasteiger partial charge in [0.1, 0.15) is 5.82 Å². The van der Waals surface area contributed by atoms with E-state index in [0.717, 1.165) is 23.3 Å². The Labute approximate surface area is 110 Å². The summed E-state index contributed by atoms with van der Waals surface area (Å²) in [6.45, 7) is 2.75. The van der Waals surface area contributed by atoms with Crippen molar-refractivity contribution >= 4 is 17.0 Å². The van der Waals surface area contributed by atoms with Crippen LogP contribution >= 0.6 is 0 Å². The Morgan fingerprint density at radius 1 is 1.53 bits per heavy atom. The van der Waals surface area contributed by atoms with Crippen LogP contribution in [0.2, 0.25) is 0 Å². The molecule has 5 nitrogen and oxygen atoms in total. The highest BCUT2D eigenvalue weighted by atomic mass is 16.5. The maximum atomic E-state index is 11.0. The molecule has 1 aliphatic heterocycles. The molecule has 19 heavy (non-hydrogen) atoms. The van der Waals surface area contributed by atoms with Crippen LogP contribution in [0.5, 0.6) is 0 Å². The number of carboxylic acid groups (broad SMARTS) is 1. The van der Waals surface area contributed by atoms with Gasteiger partial charge < -0.3 is 14.4 Å². The number of hydrogen-bond donors (Lipinski definition) is 1. The molecular weight excluding hydrogens is 244 g/mol. The number of benzene rings is 1. The van der Waals surface area contributed by atoms with E-state index in [2.05, 4.69) is 11.9 Å². The van der Waals surface area contributed by atoms with Gasteiger partial charge in [-0.25, -0.2) is 9.78 Å². The number of hydrogen-bond acceptors (Lipinski definition) is 3. The molecular formula is C14H16N2O3. The highest BCUT2D eigenvalue weighted by Crippen LogP contribution is 2.30. The van der Waals surface area contributed by atoms with Gasteiger partial charge in [0.15, 0.2) is 0 Å². The summed E-state index contributed by atoms with van der Waals surface area (Å²) in [5.74, 6) is 0.342. The number of aryl methyl sites for hydroxylation is 1. The Kier molecular flexibility index (Phi) is 2.78. The van der Waals surface area contributed by atoms with Crippen LogP contribution in [0.1, 0.15) is 35.4 Å². The number of ether oxygens (including phenoxy) is 1. The Morgan fingerprint density at radius 2 is 2.32 bits per heavy atom. The van der Waals surface area contributed by atoms with Crippen LogP contribution in [0.25, 0.3) is 11.0 Å². The number of aromatic carboxylic acids is 1. The summed E-state index contributed by atoms with van der Waals surface area (Å²) in [7, 11) is 1.97. The smallest absolute Gasteiger partial charge is 0.335 e. The summed E-state index contributed by atoms with van der Waals surface area (Å²) >= 11 is 0. The largest absolute Gasteiger partial charge is 0.478 e. The van der Waals surface area contributed by atoms with Gasteiger partial charge in [-0.2, -0.15) is 0 Å². The van der Waals surface area contributed by atoms with Crippen LogP contribution in [0.3, 0.4) is 0 Å². The van der Waals surface area contributed by atoms with Crippen LogP contribution < -0.4 is 0 Å². The third-order valence-corrected chi connectivity index (χ3v) is 3.73. The third-order valence-electron chi connectivity index (χ3n) is 3.73. The Balaban J connectivity index is 2.07. The maximum Gasteiger partial charge on any atom is 0.335 e. The molecule has 1 aromatic heterocycles. The molecule has 1 saturated heterocycles. The molecule has 100 valence electrons. The standard InChI is InChI=1S/C14H16N2O3/c1-8-5-10(7-19-8)13-15-11-6-9(14(17)18)3-4-12(11)16(13)2/h3-4,6,8,10H,5,7H2,1-2H3,(H,17,18). The molecule has 2 unspecified atom stereocenters. The van der Waals surface area contributed by atoms with Gasteiger partial charge in [-0.15, -0.1) is 0 Å². The zero-order valence-electron chi connectivity index (χ0n) is 11.0. The lowest BCUT2D eigenvalue weighted by atomic mass is 10.1. The summed E-state index contributed by atoms with van der Waals surface area (Å²) in [6, 6.07) is 5.05. The van der Waals surface area contributed by atoms with E-state index < -0.39 is 5.97 Å². The van der Waals surface area contributed by atoms with Crippen LogP contribution in [0, 0.1) is 0 Å². The lowest BCUT2D eigenvalue weighted by Gasteiger charge is -2.07. The second-order valence-electron chi connectivity index (χ2n) is 5.11. The normalized spacial score (nSPS) is 23.1. The van der Waals surface area contributed by atoms with Crippen molar-refractivity contribution in [2.45, 2.75) is 25.4 Å². The molecule has 2 heterocycles. The van der Waals surface area contributed by atoms with Crippen molar-refractivity contribution in [3.8, 4) is 0 Å². The summed E-state index contributed by atoms with van der Waals surface area (Å²) in [4.78, 5) is 15.6. The predicted molar refractivity (Wildman–Crippen MR) is 70.4 cm³/mol. The first-order chi connectivity index (χ1) is 9.06. The fraction of sp³-hybridized carbons (Fsp3) is 0.429. The van der Waals surface area contributed by atoms with Gasteiger partial charge >= 0.3 is 5.97 Å². The lowest BCUT2D eigenvalue weighted by molar-refractivity contribution is 0.0697. The van der Waals surface area contributed by atoms with E-state index in [1.807, 2.05) is 17.7 Å². The van der Waals surface area contributed by atoms with Gasteiger partial charge in [-0.1, -0.05) is 0 Å². The Morgan fingerprint density at radius 3 is 2.95 bits per heavy atom. The molecule has 0 aliphatic carbocycles. The molecule has 1 fully saturated rings. The highest BCUT2D eigenvalue weighted by Gasteiger charge is 2.27. The minimum absolute atomic E-state index is 0.263. The first kappa shape index (κ1) is 12.2. The van der Waals surface area contributed by atoms with E-state index >= 15 is 0 Å². The molecule has 2 atom stereocenters. The molecule has 0 spiro atoms. The zero-order chi connectivity index (χ0) is 13.6. The van der Waals surface area contributed by atoms with E-state index in [1.54, 1.807) is 12.1 Å². The second-order valence-corrected chi connectivity index (χ2v) is 5.11. The van der Waals surface area contributed by atoms with Crippen molar-refractivity contribution in [2.75, 3.05) is 6.61 Å². The number of rotatable bonds is 2. The summed E-state index contributed by atoms with van der Waals surface area (Å²) in [6.07, 6.45) is 1.22. The average Bonchev–Trinajstić information content (AvgIpc) is 2.93. The van der Waals surface area contributed by atoms with E-state index in [-0.39, 0.29) is 11.7 Å². The first-order valence-electron chi connectivity index (χ1n) is 6.37. The number of aromatic nitrogens is 2. The third kappa shape index (κ3) is 2.00. The van der Waals surface area contributed by atoms with Crippen molar-refractivity contribution in [2.24, 2.45) is 7.05 Å². The SMILES string of the molecule is CC1CC(c2nc3cc(C(=O)O)ccc3n2C)CO1. The monoisotopic (exact) mass is 260 g/mol. The average molecular weight is 260 g/mol. The summed E-state index contributed by atoms with van der Waals surface area (Å²) < 4.78 is 7.62. The van der Waals surface area contributed by atoms with Crippen molar-refractivity contribution in [1.82, 2.24) is 9.55 Å². The van der Waals surface area contributed by atoms with Gasteiger partial charge in [-0.3, -0.25) is 0 Å². The quantitative estimate of drug-likeness (QED) is 0.898. The van der Waals surface area contributed by atoms with Crippen LogP contribution in [0.15, 0.2) is 18.2 Å². The molecule has 5 heteroatoms. The molecule has 1 aromatic carbocycles. The maximum absolute atomic E-state index is 11.0. The number of carboxylic acids is 1. The molecule has 1 aliphatic rings. The highest BCUT2D eigenvalue weighted by molar-refractivity contribution is 5.92.